The van der Waals surface area contributed by atoms with Crippen molar-refractivity contribution in [3.05, 3.63) is 65.0 Å². The number of carbonyl (C=O) groups is 1. The van der Waals surface area contributed by atoms with E-state index >= 15 is 0 Å². The van der Waals surface area contributed by atoms with E-state index in [1.165, 1.54) is 5.56 Å². The Morgan fingerprint density at radius 2 is 2.00 bits per heavy atom. The zero-order chi connectivity index (χ0) is 19.3. The SMILES string of the molecule is Cc1nc2ccc(C(=O)N[C@H]3c4ccccc4C4(CCNCC4)[C@@H]3O)cc2[nH]1. The van der Waals surface area contributed by atoms with Crippen LogP contribution in [0.3, 0.4) is 0 Å². The van der Waals surface area contributed by atoms with Crippen molar-refractivity contribution in [3.63, 3.8) is 0 Å². The number of aliphatic hydroxyl groups is 1. The second-order valence-corrected chi connectivity index (χ2v) is 7.94. The number of fused-ring (bicyclic) bond motifs is 3. The highest BCUT2D eigenvalue weighted by molar-refractivity contribution is 5.97. The van der Waals surface area contributed by atoms with Crippen molar-refractivity contribution in [2.45, 2.75) is 37.3 Å². The molecule has 5 rings (SSSR count). The van der Waals surface area contributed by atoms with Crippen molar-refractivity contribution in [1.82, 2.24) is 20.6 Å². The molecule has 1 aromatic heterocycles. The molecule has 0 radical (unpaired) electrons. The van der Waals surface area contributed by atoms with Crippen molar-refractivity contribution in [1.29, 1.82) is 0 Å². The maximum atomic E-state index is 13.0. The van der Waals surface area contributed by atoms with Crippen molar-refractivity contribution >= 4 is 16.9 Å². The Balaban J connectivity index is 1.47. The molecule has 1 spiro atoms. The minimum atomic E-state index is -0.630. The lowest BCUT2D eigenvalue weighted by Gasteiger charge is -2.38. The van der Waals surface area contributed by atoms with Gasteiger partial charge in [-0.05, 0) is 62.2 Å². The van der Waals surface area contributed by atoms with E-state index in [2.05, 4.69) is 26.7 Å². The van der Waals surface area contributed by atoms with Crippen molar-refractivity contribution in [2.24, 2.45) is 0 Å². The zero-order valence-corrected chi connectivity index (χ0v) is 15.8. The molecule has 6 heteroatoms. The van der Waals surface area contributed by atoms with Gasteiger partial charge in [0.1, 0.15) is 5.82 Å². The maximum Gasteiger partial charge on any atom is 0.251 e. The topological polar surface area (TPSA) is 90.0 Å². The number of nitrogens with zero attached hydrogens (tertiary/aromatic N) is 1. The summed E-state index contributed by atoms with van der Waals surface area (Å²) >= 11 is 0. The summed E-state index contributed by atoms with van der Waals surface area (Å²) in [7, 11) is 0. The van der Waals surface area contributed by atoms with Gasteiger partial charge in [-0.2, -0.15) is 0 Å². The third kappa shape index (κ3) is 2.56. The van der Waals surface area contributed by atoms with Gasteiger partial charge in [-0.25, -0.2) is 4.98 Å². The lowest BCUT2D eigenvalue weighted by molar-refractivity contribution is 0.0418. The Bertz CT molecular complexity index is 1050. The second-order valence-electron chi connectivity index (χ2n) is 7.94. The zero-order valence-electron chi connectivity index (χ0n) is 15.8. The number of carbonyl (C=O) groups excluding carboxylic acids is 1. The third-order valence-electron chi connectivity index (χ3n) is 6.36. The molecule has 1 fully saturated rings. The van der Waals surface area contributed by atoms with E-state index in [4.69, 9.17) is 0 Å². The summed E-state index contributed by atoms with van der Waals surface area (Å²) in [5.74, 6) is 0.638. The summed E-state index contributed by atoms with van der Waals surface area (Å²) in [5, 5.41) is 17.8. The summed E-state index contributed by atoms with van der Waals surface area (Å²) < 4.78 is 0. The Morgan fingerprint density at radius 1 is 1.21 bits per heavy atom. The normalized spacial score (nSPS) is 23.1. The fraction of sp³-hybridized carbons (Fsp3) is 0.364. The number of hydrogen-bond donors (Lipinski definition) is 4. The number of nitrogens with one attached hydrogen (secondary N) is 3. The number of imidazole rings is 1. The van der Waals surface area contributed by atoms with Gasteiger partial charge in [0.15, 0.2) is 0 Å². The number of aromatic nitrogens is 2. The average molecular weight is 376 g/mol. The molecule has 3 aromatic rings. The predicted molar refractivity (Wildman–Crippen MR) is 107 cm³/mol. The summed E-state index contributed by atoms with van der Waals surface area (Å²) in [5.41, 5.74) is 4.16. The summed E-state index contributed by atoms with van der Waals surface area (Å²) in [6.45, 7) is 3.65. The third-order valence-corrected chi connectivity index (χ3v) is 6.36. The lowest BCUT2D eigenvalue weighted by atomic mass is 9.72. The molecule has 144 valence electrons. The quantitative estimate of drug-likeness (QED) is 0.553. The first-order chi connectivity index (χ1) is 13.6. The molecule has 2 aliphatic rings. The minimum Gasteiger partial charge on any atom is -0.390 e. The van der Waals surface area contributed by atoms with Gasteiger partial charge in [-0.1, -0.05) is 24.3 Å². The largest absolute Gasteiger partial charge is 0.390 e. The molecule has 28 heavy (non-hydrogen) atoms. The summed E-state index contributed by atoms with van der Waals surface area (Å²) in [6, 6.07) is 13.2. The van der Waals surface area contributed by atoms with Gasteiger partial charge in [-0.15, -0.1) is 0 Å². The lowest BCUT2D eigenvalue weighted by Crippen LogP contribution is -2.48. The van der Waals surface area contributed by atoms with Gasteiger partial charge in [0, 0.05) is 11.0 Å². The van der Waals surface area contributed by atoms with Crippen LogP contribution >= 0.6 is 0 Å². The molecule has 0 saturated carbocycles. The molecule has 1 aliphatic carbocycles. The highest BCUT2D eigenvalue weighted by atomic mass is 16.3. The summed E-state index contributed by atoms with van der Waals surface area (Å²) in [6.07, 6.45) is 1.11. The van der Waals surface area contributed by atoms with Crippen LogP contribution in [0.5, 0.6) is 0 Å². The van der Waals surface area contributed by atoms with Crippen LogP contribution in [-0.2, 0) is 5.41 Å². The van der Waals surface area contributed by atoms with Gasteiger partial charge in [0.05, 0.1) is 23.2 Å². The van der Waals surface area contributed by atoms with E-state index in [9.17, 15) is 9.90 Å². The molecule has 0 bridgehead atoms. The van der Waals surface area contributed by atoms with Crippen LogP contribution in [0.2, 0.25) is 0 Å². The molecule has 2 atom stereocenters. The number of aromatic amines is 1. The first-order valence-electron chi connectivity index (χ1n) is 9.84. The Kier molecular flexibility index (Phi) is 4.00. The van der Waals surface area contributed by atoms with Gasteiger partial charge in [-0.3, -0.25) is 4.79 Å². The minimum absolute atomic E-state index is 0.181. The van der Waals surface area contributed by atoms with Crippen LogP contribution in [0.15, 0.2) is 42.5 Å². The molecule has 1 saturated heterocycles. The first kappa shape index (κ1) is 17.4. The van der Waals surface area contributed by atoms with E-state index < -0.39 is 12.1 Å². The first-order valence-corrected chi connectivity index (χ1v) is 9.84. The number of hydrogen-bond acceptors (Lipinski definition) is 4. The fourth-order valence-corrected chi connectivity index (χ4v) is 4.97. The smallest absolute Gasteiger partial charge is 0.251 e. The number of benzene rings is 2. The Labute approximate surface area is 163 Å². The average Bonchev–Trinajstić information content (AvgIpc) is 3.19. The number of rotatable bonds is 2. The standard InChI is InChI=1S/C22H24N4O2/c1-13-24-17-7-6-14(12-18(17)25-13)21(28)26-19-15-4-2-3-5-16(15)22(20(19)27)8-10-23-11-9-22/h2-7,12,19-20,23,27H,8-11H2,1H3,(H,24,25)(H,26,28)/t19-,20+/m0/s1. The molecule has 2 aromatic carbocycles. The number of aliphatic hydroxyl groups excluding tert-OH is 1. The summed E-state index contributed by atoms with van der Waals surface area (Å²) in [4.78, 5) is 20.6. The number of amides is 1. The van der Waals surface area contributed by atoms with Crippen LogP contribution in [0.4, 0.5) is 0 Å². The molecular formula is C22H24N4O2. The van der Waals surface area contributed by atoms with Crippen molar-refractivity contribution in [3.8, 4) is 0 Å². The van der Waals surface area contributed by atoms with Gasteiger partial charge >= 0.3 is 0 Å². The van der Waals surface area contributed by atoms with E-state index in [1.807, 2.05) is 37.3 Å². The molecular weight excluding hydrogens is 352 g/mol. The van der Waals surface area contributed by atoms with E-state index in [1.54, 1.807) is 6.07 Å². The number of piperidine rings is 1. The van der Waals surface area contributed by atoms with Crippen LogP contribution in [0, 0.1) is 6.92 Å². The van der Waals surface area contributed by atoms with Gasteiger partial charge in [0.25, 0.3) is 5.91 Å². The van der Waals surface area contributed by atoms with Crippen molar-refractivity contribution in [2.75, 3.05) is 13.1 Å². The molecule has 4 N–H and O–H groups in total. The molecule has 6 nitrogen and oxygen atoms in total. The maximum absolute atomic E-state index is 13.0. The second kappa shape index (κ2) is 6.43. The highest BCUT2D eigenvalue weighted by Crippen LogP contribution is 2.50. The molecule has 0 unspecified atom stereocenters. The van der Waals surface area contributed by atoms with Crippen molar-refractivity contribution < 1.29 is 9.90 Å². The van der Waals surface area contributed by atoms with Crippen LogP contribution < -0.4 is 10.6 Å². The van der Waals surface area contributed by atoms with Crippen LogP contribution in [0.25, 0.3) is 11.0 Å². The Hall–Kier alpha value is -2.70. The van der Waals surface area contributed by atoms with E-state index in [0.29, 0.717) is 5.56 Å². The van der Waals surface area contributed by atoms with Gasteiger partial charge in [0.2, 0.25) is 0 Å². The molecule has 1 amide bonds. The van der Waals surface area contributed by atoms with E-state index in [-0.39, 0.29) is 11.3 Å². The monoisotopic (exact) mass is 376 g/mol. The van der Waals surface area contributed by atoms with E-state index in [0.717, 1.165) is 48.4 Å². The molecule has 2 heterocycles. The number of H-pyrrole nitrogens is 1. The molecule has 1 aliphatic heterocycles. The highest BCUT2D eigenvalue weighted by Gasteiger charge is 2.52. The van der Waals surface area contributed by atoms with Crippen LogP contribution in [-0.4, -0.2) is 40.2 Å². The predicted octanol–water partition coefficient (Wildman–Crippen LogP) is 2.34. The Morgan fingerprint density at radius 3 is 2.82 bits per heavy atom. The van der Waals surface area contributed by atoms with Gasteiger partial charge < -0.3 is 20.7 Å². The van der Waals surface area contributed by atoms with Crippen LogP contribution in [0.1, 0.15) is 46.2 Å². The number of aryl methyl sites for hydroxylation is 1. The fourth-order valence-electron chi connectivity index (χ4n) is 4.97.